The van der Waals surface area contributed by atoms with Gasteiger partial charge in [-0.3, -0.25) is 0 Å². The van der Waals surface area contributed by atoms with E-state index in [0.29, 0.717) is 12.7 Å². The van der Waals surface area contributed by atoms with Gasteiger partial charge in [0.2, 0.25) is 0 Å². The van der Waals surface area contributed by atoms with E-state index in [2.05, 4.69) is 0 Å². The molecule has 0 atom stereocenters. The van der Waals surface area contributed by atoms with Crippen molar-refractivity contribution < 1.29 is 9.47 Å². The van der Waals surface area contributed by atoms with Gasteiger partial charge in [-0.1, -0.05) is 0 Å². The maximum absolute atomic E-state index is 5.32. The molecule has 0 bridgehead atoms. The first-order chi connectivity index (χ1) is 4.79. The van der Waals surface area contributed by atoms with Gasteiger partial charge in [-0.15, -0.1) is 0 Å². The van der Waals surface area contributed by atoms with Gasteiger partial charge in [0, 0.05) is 0 Å². The molecule has 1 aliphatic carbocycles. The van der Waals surface area contributed by atoms with E-state index < -0.39 is 0 Å². The molecular formula is C8H15O2. The van der Waals surface area contributed by atoms with Crippen LogP contribution in [0.4, 0.5) is 0 Å². The Hall–Kier alpha value is -0.0800. The highest BCUT2D eigenvalue weighted by Crippen LogP contribution is 2.23. The Kier molecular flexibility index (Phi) is 3.16. The lowest BCUT2D eigenvalue weighted by atomic mass is 10.5. The highest BCUT2D eigenvalue weighted by Gasteiger charge is 2.21. The fraction of sp³-hybridized carbons (Fsp3) is 0.875. The van der Waals surface area contributed by atoms with Gasteiger partial charge in [-0.05, 0) is 26.7 Å². The van der Waals surface area contributed by atoms with Gasteiger partial charge >= 0.3 is 0 Å². The molecule has 59 valence electrons. The third-order valence-corrected chi connectivity index (χ3v) is 1.29. The molecule has 10 heavy (non-hydrogen) atoms. The van der Waals surface area contributed by atoms with Gasteiger partial charge in [0.15, 0.2) is 0 Å². The summed E-state index contributed by atoms with van der Waals surface area (Å²) in [4.78, 5) is 0. The Morgan fingerprint density at radius 3 is 2.70 bits per heavy atom. The highest BCUT2D eigenvalue weighted by atomic mass is 16.5. The van der Waals surface area contributed by atoms with Crippen molar-refractivity contribution in [2.75, 3.05) is 6.61 Å². The van der Waals surface area contributed by atoms with Crippen molar-refractivity contribution in [3.8, 4) is 0 Å². The summed E-state index contributed by atoms with van der Waals surface area (Å²) in [6.45, 7) is 6.40. The monoisotopic (exact) mass is 143 g/mol. The van der Waals surface area contributed by atoms with Gasteiger partial charge in [-0.2, -0.15) is 0 Å². The molecule has 0 aromatic heterocycles. The molecule has 1 saturated carbocycles. The maximum atomic E-state index is 5.32. The third kappa shape index (κ3) is 3.85. The normalized spacial score (nSPS) is 18.3. The molecule has 0 N–H and O–H groups in total. The van der Waals surface area contributed by atoms with E-state index in [-0.39, 0.29) is 6.10 Å². The van der Waals surface area contributed by atoms with Crippen molar-refractivity contribution in [3.05, 3.63) is 6.61 Å². The summed E-state index contributed by atoms with van der Waals surface area (Å²) in [6.07, 6.45) is 3.28. The summed E-state index contributed by atoms with van der Waals surface area (Å²) >= 11 is 0. The van der Waals surface area contributed by atoms with Gasteiger partial charge < -0.3 is 9.47 Å². The Balaban J connectivity index is 1.76. The number of rotatable bonds is 5. The first-order valence-corrected chi connectivity index (χ1v) is 3.88. The summed E-state index contributed by atoms with van der Waals surface area (Å²) in [7, 11) is 0. The van der Waals surface area contributed by atoms with Crippen LogP contribution in [0.2, 0.25) is 0 Å². The zero-order valence-corrected chi connectivity index (χ0v) is 6.67. The number of hydrogen-bond acceptors (Lipinski definition) is 2. The highest BCUT2D eigenvalue weighted by molar-refractivity contribution is 4.73. The van der Waals surface area contributed by atoms with Crippen molar-refractivity contribution in [1.29, 1.82) is 0 Å². The second kappa shape index (κ2) is 3.94. The molecule has 2 heteroatoms. The molecule has 0 spiro atoms. The van der Waals surface area contributed by atoms with E-state index in [9.17, 15) is 0 Å². The van der Waals surface area contributed by atoms with Crippen LogP contribution in [-0.4, -0.2) is 18.8 Å². The van der Waals surface area contributed by atoms with Crippen LogP contribution in [-0.2, 0) is 9.47 Å². The Bertz CT molecular complexity index is 83.3. The molecule has 0 unspecified atom stereocenters. The van der Waals surface area contributed by atoms with Crippen LogP contribution in [0.3, 0.4) is 0 Å². The first kappa shape index (κ1) is 8.02. The van der Waals surface area contributed by atoms with E-state index >= 15 is 0 Å². The van der Waals surface area contributed by atoms with Crippen LogP contribution in [0.1, 0.15) is 26.7 Å². The quantitative estimate of drug-likeness (QED) is 0.546. The SMILES string of the molecule is CC(C)O[CH]COC1CC1. The Morgan fingerprint density at radius 2 is 2.20 bits per heavy atom. The minimum atomic E-state index is 0.280. The lowest BCUT2D eigenvalue weighted by Crippen LogP contribution is -2.05. The summed E-state index contributed by atoms with van der Waals surface area (Å²) < 4.78 is 10.5. The van der Waals surface area contributed by atoms with Crippen LogP contribution in [0.15, 0.2) is 0 Å². The summed E-state index contributed by atoms with van der Waals surface area (Å²) in [5, 5.41) is 0. The summed E-state index contributed by atoms with van der Waals surface area (Å²) in [6, 6.07) is 0. The molecule has 1 aliphatic rings. The van der Waals surface area contributed by atoms with Crippen LogP contribution < -0.4 is 0 Å². The van der Waals surface area contributed by atoms with Crippen molar-refractivity contribution in [2.45, 2.75) is 38.9 Å². The van der Waals surface area contributed by atoms with Gasteiger partial charge in [0.1, 0.15) is 6.61 Å². The van der Waals surface area contributed by atoms with Gasteiger partial charge in [-0.25, -0.2) is 0 Å². The maximum Gasteiger partial charge on any atom is 0.110 e. The average molecular weight is 143 g/mol. The molecule has 0 heterocycles. The van der Waals surface area contributed by atoms with E-state index in [0.717, 1.165) is 0 Å². The zero-order chi connectivity index (χ0) is 7.40. The van der Waals surface area contributed by atoms with Gasteiger partial charge in [0.25, 0.3) is 0 Å². The van der Waals surface area contributed by atoms with Crippen molar-refractivity contribution >= 4 is 0 Å². The third-order valence-electron chi connectivity index (χ3n) is 1.29. The lowest BCUT2D eigenvalue weighted by molar-refractivity contribution is 0.0580. The summed E-state index contributed by atoms with van der Waals surface area (Å²) in [5.41, 5.74) is 0. The second-order valence-electron chi connectivity index (χ2n) is 2.88. The van der Waals surface area contributed by atoms with Crippen molar-refractivity contribution in [2.24, 2.45) is 0 Å². The van der Waals surface area contributed by atoms with Crippen LogP contribution in [0, 0.1) is 6.61 Å². The fourth-order valence-electron chi connectivity index (χ4n) is 0.642. The summed E-state index contributed by atoms with van der Waals surface area (Å²) in [5.74, 6) is 0. The molecule has 2 nitrogen and oxygen atoms in total. The topological polar surface area (TPSA) is 18.5 Å². The fourth-order valence-corrected chi connectivity index (χ4v) is 0.642. The predicted molar refractivity (Wildman–Crippen MR) is 39.5 cm³/mol. The second-order valence-corrected chi connectivity index (χ2v) is 2.88. The molecule has 0 aromatic rings. The molecular weight excluding hydrogens is 128 g/mol. The molecule has 0 saturated heterocycles. The Labute approximate surface area is 62.5 Å². The van der Waals surface area contributed by atoms with Gasteiger partial charge in [0.05, 0.1) is 18.8 Å². The zero-order valence-electron chi connectivity index (χ0n) is 6.67. The molecule has 0 amide bonds. The first-order valence-electron chi connectivity index (χ1n) is 3.88. The predicted octanol–water partition coefficient (Wildman–Crippen LogP) is 1.75. The molecule has 0 aromatic carbocycles. The molecule has 1 fully saturated rings. The van der Waals surface area contributed by atoms with Crippen molar-refractivity contribution in [3.63, 3.8) is 0 Å². The smallest absolute Gasteiger partial charge is 0.110 e. The minimum absolute atomic E-state index is 0.280. The van der Waals surface area contributed by atoms with E-state index in [1.165, 1.54) is 12.8 Å². The molecule has 1 radical (unpaired) electrons. The van der Waals surface area contributed by atoms with Crippen LogP contribution in [0.25, 0.3) is 0 Å². The minimum Gasteiger partial charge on any atom is -0.375 e. The number of hydrogen-bond donors (Lipinski definition) is 0. The largest absolute Gasteiger partial charge is 0.375 e. The standard InChI is InChI=1S/C8H15O2/c1-7(2)9-5-6-10-8-3-4-8/h5,7-8H,3-4,6H2,1-2H3. The van der Waals surface area contributed by atoms with Crippen LogP contribution in [0.5, 0.6) is 0 Å². The number of ether oxygens (including phenoxy) is 2. The van der Waals surface area contributed by atoms with E-state index in [1.807, 2.05) is 13.8 Å². The Morgan fingerprint density at radius 1 is 1.50 bits per heavy atom. The van der Waals surface area contributed by atoms with Crippen molar-refractivity contribution in [1.82, 2.24) is 0 Å². The molecule has 1 rings (SSSR count). The van der Waals surface area contributed by atoms with E-state index in [4.69, 9.17) is 9.47 Å². The van der Waals surface area contributed by atoms with E-state index in [1.54, 1.807) is 6.61 Å². The van der Waals surface area contributed by atoms with Crippen LogP contribution >= 0.6 is 0 Å². The average Bonchev–Trinajstić information content (AvgIpc) is 2.62. The molecule has 0 aliphatic heterocycles. The lowest BCUT2D eigenvalue weighted by Gasteiger charge is -2.05.